The minimum Gasteiger partial charge on any atom is -0.310 e. The first-order valence-corrected chi connectivity index (χ1v) is 8.14. The minimum atomic E-state index is 0.0516. The van der Waals surface area contributed by atoms with Gasteiger partial charge in [-0.05, 0) is 54.4 Å². The van der Waals surface area contributed by atoms with E-state index in [9.17, 15) is 0 Å². The molecule has 112 valence electrons. The van der Waals surface area contributed by atoms with Crippen LogP contribution in [0, 0.1) is 0 Å². The maximum atomic E-state index is 6.31. The largest absolute Gasteiger partial charge is 0.310 e. The minimum absolute atomic E-state index is 0.0516. The summed E-state index contributed by atoms with van der Waals surface area (Å²) in [7, 11) is 0. The smallest absolute Gasteiger partial charge is 0.0468 e. The summed E-state index contributed by atoms with van der Waals surface area (Å²) < 4.78 is 0. The molecule has 1 nitrogen and oxygen atoms in total. The van der Waals surface area contributed by atoms with Gasteiger partial charge in [0, 0.05) is 26.1 Å². The zero-order valence-corrected chi connectivity index (χ0v) is 14.5. The Morgan fingerprint density at radius 2 is 1.57 bits per heavy atom. The molecule has 5 heteroatoms. The van der Waals surface area contributed by atoms with E-state index >= 15 is 0 Å². The van der Waals surface area contributed by atoms with E-state index in [1.54, 1.807) is 12.1 Å². The number of nitrogens with one attached hydrogen (secondary N) is 1. The van der Waals surface area contributed by atoms with Gasteiger partial charge in [0.2, 0.25) is 0 Å². The maximum Gasteiger partial charge on any atom is 0.0468 e. The first-order valence-electron chi connectivity index (χ1n) is 6.63. The zero-order chi connectivity index (χ0) is 15.4. The number of rotatable bonds is 5. The Morgan fingerprint density at radius 3 is 2.24 bits per heavy atom. The van der Waals surface area contributed by atoms with Crippen LogP contribution in [0.1, 0.15) is 24.1 Å². The Balaban J connectivity index is 2.32. The van der Waals surface area contributed by atoms with Crippen molar-refractivity contribution in [3.05, 3.63) is 67.6 Å². The third kappa shape index (κ3) is 4.51. The Kier molecular flexibility index (Phi) is 6.21. The van der Waals surface area contributed by atoms with Crippen LogP contribution in [0.25, 0.3) is 0 Å². The molecule has 0 spiro atoms. The molecule has 0 saturated carbocycles. The number of halogens is 4. The van der Waals surface area contributed by atoms with Gasteiger partial charge in [-0.2, -0.15) is 0 Å². The van der Waals surface area contributed by atoms with Gasteiger partial charge in [-0.25, -0.2) is 0 Å². The predicted octanol–water partition coefficient (Wildman–Crippen LogP) is 6.19. The van der Waals surface area contributed by atoms with Crippen LogP contribution in [0.15, 0.2) is 36.4 Å². The van der Waals surface area contributed by atoms with Gasteiger partial charge in [0.1, 0.15) is 0 Å². The lowest BCUT2D eigenvalue weighted by Gasteiger charge is -2.20. The Labute approximate surface area is 145 Å². The van der Waals surface area contributed by atoms with Crippen molar-refractivity contribution in [2.75, 3.05) is 6.54 Å². The average molecular weight is 363 g/mol. The fourth-order valence-electron chi connectivity index (χ4n) is 2.24. The average Bonchev–Trinajstić information content (AvgIpc) is 2.42. The number of likely N-dealkylation sites (N-methyl/N-ethyl adjacent to an activating group) is 1. The van der Waals surface area contributed by atoms with E-state index in [1.807, 2.05) is 24.3 Å². The SMILES string of the molecule is CCNC(Cc1cc(Cl)ccc1Cl)c1ccc(Cl)cc1Cl. The van der Waals surface area contributed by atoms with Crippen LogP contribution in [0.5, 0.6) is 0 Å². The summed E-state index contributed by atoms with van der Waals surface area (Å²) in [5.74, 6) is 0. The molecule has 0 saturated heterocycles. The van der Waals surface area contributed by atoms with Crippen LogP contribution >= 0.6 is 46.4 Å². The molecular formula is C16H15Cl4N. The van der Waals surface area contributed by atoms with Crippen LogP contribution in [0.4, 0.5) is 0 Å². The number of hydrogen-bond donors (Lipinski definition) is 1. The third-order valence-electron chi connectivity index (χ3n) is 3.22. The Hall–Kier alpha value is -0.440. The second-order valence-electron chi connectivity index (χ2n) is 4.72. The quantitative estimate of drug-likeness (QED) is 0.668. The molecule has 1 N–H and O–H groups in total. The molecule has 0 aliphatic rings. The van der Waals surface area contributed by atoms with Crippen molar-refractivity contribution in [1.29, 1.82) is 0 Å². The van der Waals surface area contributed by atoms with E-state index in [2.05, 4.69) is 12.2 Å². The molecule has 0 bridgehead atoms. The molecule has 2 aromatic carbocycles. The van der Waals surface area contributed by atoms with E-state index in [0.29, 0.717) is 26.5 Å². The van der Waals surface area contributed by atoms with Crippen molar-refractivity contribution in [3.63, 3.8) is 0 Å². The van der Waals surface area contributed by atoms with Gasteiger partial charge >= 0.3 is 0 Å². The molecule has 0 fully saturated rings. The first kappa shape index (κ1) is 16.9. The van der Waals surface area contributed by atoms with Crippen LogP contribution in [0.2, 0.25) is 20.1 Å². The number of benzene rings is 2. The van der Waals surface area contributed by atoms with Crippen molar-refractivity contribution < 1.29 is 0 Å². The predicted molar refractivity (Wildman–Crippen MR) is 93.0 cm³/mol. The highest BCUT2D eigenvalue weighted by Gasteiger charge is 2.16. The molecular weight excluding hydrogens is 348 g/mol. The van der Waals surface area contributed by atoms with Crippen molar-refractivity contribution in [2.45, 2.75) is 19.4 Å². The molecule has 0 radical (unpaired) electrons. The van der Waals surface area contributed by atoms with Crippen molar-refractivity contribution in [1.82, 2.24) is 5.32 Å². The molecule has 0 aliphatic carbocycles. The van der Waals surface area contributed by atoms with E-state index in [4.69, 9.17) is 46.4 Å². The van der Waals surface area contributed by atoms with Crippen molar-refractivity contribution >= 4 is 46.4 Å². The van der Waals surface area contributed by atoms with Gasteiger partial charge in [-0.1, -0.05) is 59.4 Å². The lowest BCUT2D eigenvalue weighted by Crippen LogP contribution is -2.23. The summed E-state index contributed by atoms with van der Waals surface area (Å²) in [4.78, 5) is 0. The summed E-state index contributed by atoms with van der Waals surface area (Å²) in [6.45, 7) is 2.87. The van der Waals surface area contributed by atoms with Gasteiger partial charge < -0.3 is 5.32 Å². The fourth-order valence-corrected chi connectivity index (χ4v) is 3.17. The molecule has 1 atom stereocenters. The lowest BCUT2D eigenvalue weighted by molar-refractivity contribution is 0.550. The third-order valence-corrected chi connectivity index (χ3v) is 4.39. The highest BCUT2D eigenvalue weighted by molar-refractivity contribution is 6.35. The highest BCUT2D eigenvalue weighted by Crippen LogP contribution is 2.31. The second-order valence-corrected chi connectivity index (χ2v) is 6.40. The molecule has 0 amide bonds. The van der Waals surface area contributed by atoms with Crippen LogP contribution in [-0.4, -0.2) is 6.54 Å². The summed E-state index contributed by atoms with van der Waals surface area (Å²) in [6, 6.07) is 11.1. The summed E-state index contributed by atoms with van der Waals surface area (Å²) in [6.07, 6.45) is 0.703. The first-order chi connectivity index (χ1) is 10.0. The normalized spacial score (nSPS) is 12.4. The van der Waals surface area contributed by atoms with E-state index < -0.39 is 0 Å². The van der Waals surface area contributed by atoms with E-state index in [-0.39, 0.29) is 6.04 Å². The van der Waals surface area contributed by atoms with Gasteiger partial charge in [0.15, 0.2) is 0 Å². The van der Waals surface area contributed by atoms with Crippen LogP contribution in [0.3, 0.4) is 0 Å². The molecule has 0 heterocycles. The summed E-state index contributed by atoms with van der Waals surface area (Å²) in [5.41, 5.74) is 1.99. The monoisotopic (exact) mass is 361 g/mol. The summed E-state index contributed by atoms with van der Waals surface area (Å²) in [5, 5.41) is 6.07. The van der Waals surface area contributed by atoms with Crippen molar-refractivity contribution in [2.24, 2.45) is 0 Å². The van der Waals surface area contributed by atoms with Gasteiger partial charge in [-0.3, -0.25) is 0 Å². The molecule has 1 unspecified atom stereocenters. The zero-order valence-electron chi connectivity index (χ0n) is 11.5. The van der Waals surface area contributed by atoms with Crippen LogP contribution < -0.4 is 5.32 Å². The van der Waals surface area contributed by atoms with Gasteiger partial charge in [-0.15, -0.1) is 0 Å². The summed E-state index contributed by atoms with van der Waals surface area (Å²) >= 11 is 24.6. The molecule has 0 aromatic heterocycles. The Bertz CT molecular complexity index is 628. The van der Waals surface area contributed by atoms with Gasteiger partial charge in [0.25, 0.3) is 0 Å². The van der Waals surface area contributed by atoms with Crippen LogP contribution in [-0.2, 0) is 6.42 Å². The van der Waals surface area contributed by atoms with Gasteiger partial charge in [0.05, 0.1) is 0 Å². The lowest BCUT2D eigenvalue weighted by atomic mass is 9.98. The van der Waals surface area contributed by atoms with E-state index in [0.717, 1.165) is 17.7 Å². The molecule has 2 rings (SSSR count). The molecule has 0 aliphatic heterocycles. The molecule has 21 heavy (non-hydrogen) atoms. The number of hydrogen-bond acceptors (Lipinski definition) is 1. The topological polar surface area (TPSA) is 12.0 Å². The molecule has 2 aromatic rings. The Morgan fingerprint density at radius 1 is 0.905 bits per heavy atom. The fraction of sp³-hybridized carbons (Fsp3) is 0.250. The van der Waals surface area contributed by atoms with E-state index in [1.165, 1.54) is 0 Å². The highest BCUT2D eigenvalue weighted by atomic mass is 35.5. The standard InChI is InChI=1S/C16H15Cl4N/c1-2-21-16(13-5-3-12(18)9-15(13)20)8-10-7-11(17)4-6-14(10)19/h3-7,9,16,21H,2,8H2,1H3. The maximum absolute atomic E-state index is 6.31. The second kappa shape index (κ2) is 7.71. The van der Waals surface area contributed by atoms with Crippen molar-refractivity contribution in [3.8, 4) is 0 Å².